The number of hydrogen-bond donors (Lipinski definition) is 1. The summed E-state index contributed by atoms with van der Waals surface area (Å²) in [5.74, 6) is 0.265. The number of carbonyl (C=O) groups is 1. The Kier molecular flexibility index (Phi) is 4.65. The lowest BCUT2D eigenvalue weighted by Crippen LogP contribution is -2.34. The lowest BCUT2D eigenvalue weighted by atomic mass is 10.1. The predicted octanol–water partition coefficient (Wildman–Crippen LogP) is 3.99. The molecule has 0 radical (unpaired) electrons. The number of hydrogen-bond acceptors (Lipinski definition) is 3. The van der Waals surface area contributed by atoms with E-state index in [4.69, 9.17) is 0 Å². The van der Waals surface area contributed by atoms with Crippen molar-refractivity contribution in [3.63, 3.8) is 0 Å². The predicted molar refractivity (Wildman–Crippen MR) is 97.3 cm³/mol. The SMILES string of the molecule is O=C(NC1CCCCCC1)c1ccn2c(-c3ccc(F)cc3)nnc2c1. The molecule has 1 aliphatic rings. The van der Waals surface area contributed by atoms with Crippen LogP contribution in [0.2, 0.25) is 0 Å². The van der Waals surface area contributed by atoms with Crippen LogP contribution in [0, 0.1) is 5.82 Å². The van der Waals surface area contributed by atoms with Gasteiger partial charge in [0.2, 0.25) is 0 Å². The molecule has 0 unspecified atom stereocenters. The average Bonchev–Trinajstić information content (AvgIpc) is 2.90. The largest absolute Gasteiger partial charge is 0.349 e. The van der Waals surface area contributed by atoms with E-state index >= 15 is 0 Å². The maximum atomic E-state index is 13.1. The molecule has 0 aliphatic heterocycles. The molecule has 2 aromatic heterocycles. The fourth-order valence-electron chi connectivity index (χ4n) is 3.52. The first-order valence-electron chi connectivity index (χ1n) is 9.12. The first kappa shape index (κ1) is 16.7. The van der Waals surface area contributed by atoms with Crippen LogP contribution in [0.1, 0.15) is 48.9 Å². The zero-order chi connectivity index (χ0) is 17.9. The van der Waals surface area contributed by atoms with Crippen LogP contribution in [0.25, 0.3) is 17.0 Å². The number of nitrogens with zero attached hydrogens (tertiary/aromatic N) is 3. The average molecular weight is 352 g/mol. The molecule has 1 aliphatic carbocycles. The van der Waals surface area contributed by atoms with Crippen molar-refractivity contribution in [3.05, 3.63) is 54.0 Å². The number of pyridine rings is 1. The van der Waals surface area contributed by atoms with Crippen LogP contribution in [0.3, 0.4) is 0 Å². The third-order valence-corrected chi connectivity index (χ3v) is 4.96. The lowest BCUT2D eigenvalue weighted by molar-refractivity contribution is 0.0933. The Balaban J connectivity index is 1.56. The molecule has 1 amide bonds. The summed E-state index contributed by atoms with van der Waals surface area (Å²) in [5.41, 5.74) is 1.95. The van der Waals surface area contributed by atoms with Crippen LogP contribution in [-0.4, -0.2) is 26.5 Å². The number of aromatic nitrogens is 3. The highest BCUT2D eigenvalue weighted by molar-refractivity contribution is 5.95. The van der Waals surface area contributed by atoms with Crippen LogP contribution in [-0.2, 0) is 0 Å². The smallest absolute Gasteiger partial charge is 0.251 e. The van der Waals surface area contributed by atoms with Gasteiger partial charge in [0.05, 0.1) is 0 Å². The Morgan fingerprint density at radius 2 is 1.77 bits per heavy atom. The van der Waals surface area contributed by atoms with Crippen molar-refractivity contribution in [2.75, 3.05) is 0 Å². The van der Waals surface area contributed by atoms with E-state index in [1.54, 1.807) is 34.9 Å². The molecule has 3 aromatic rings. The van der Waals surface area contributed by atoms with Gasteiger partial charge in [-0.15, -0.1) is 10.2 Å². The van der Waals surface area contributed by atoms with Gasteiger partial charge in [-0.25, -0.2) is 4.39 Å². The van der Waals surface area contributed by atoms with Gasteiger partial charge in [0.1, 0.15) is 5.82 Å². The van der Waals surface area contributed by atoms with Gasteiger partial charge >= 0.3 is 0 Å². The van der Waals surface area contributed by atoms with Crippen LogP contribution < -0.4 is 5.32 Å². The van der Waals surface area contributed by atoms with E-state index in [0.717, 1.165) is 18.4 Å². The maximum absolute atomic E-state index is 13.1. The van der Waals surface area contributed by atoms with Gasteiger partial charge in [0, 0.05) is 23.4 Å². The van der Waals surface area contributed by atoms with Crippen LogP contribution in [0.4, 0.5) is 4.39 Å². The molecule has 1 saturated carbocycles. The second kappa shape index (κ2) is 7.23. The second-order valence-corrected chi connectivity index (χ2v) is 6.84. The molecule has 0 spiro atoms. The molecule has 26 heavy (non-hydrogen) atoms. The summed E-state index contributed by atoms with van der Waals surface area (Å²) in [6, 6.07) is 9.89. The highest BCUT2D eigenvalue weighted by Crippen LogP contribution is 2.20. The Morgan fingerprint density at radius 1 is 1.04 bits per heavy atom. The van der Waals surface area contributed by atoms with Gasteiger partial charge in [-0.2, -0.15) is 0 Å². The molecule has 4 rings (SSSR count). The van der Waals surface area contributed by atoms with E-state index in [1.807, 2.05) is 0 Å². The van der Waals surface area contributed by atoms with Crippen LogP contribution in [0.15, 0.2) is 42.6 Å². The van der Waals surface area contributed by atoms with E-state index in [9.17, 15) is 9.18 Å². The van der Waals surface area contributed by atoms with Crippen LogP contribution >= 0.6 is 0 Å². The van der Waals surface area contributed by atoms with Gasteiger partial charge < -0.3 is 5.32 Å². The highest BCUT2D eigenvalue weighted by atomic mass is 19.1. The van der Waals surface area contributed by atoms with Crippen molar-refractivity contribution in [3.8, 4) is 11.4 Å². The Hall–Kier alpha value is -2.76. The van der Waals surface area contributed by atoms with E-state index in [2.05, 4.69) is 15.5 Å². The third-order valence-electron chi connectivity index (χ3n) is 4.96. The van der Waals surface area contributed by atoms with Gasteiger partial charge in [-0.05, 0) is 49.2 Å². The Bertz CT molecular complexity index is 911. The van der Waals surface area contributed by atoms with E-state index in [-0.39, 0.29) is 17.8 Å². The van der Waals surface area contributed by atoms with E-state index in [1.165, 1.54) is 37.8 Å². The van der Waals surface area contributed by atoms with Crippen molar-refractivity contribution < 1.29 is 9.18 Å². The molecular weight excluding hydrogens is 331 g/mol. The molecule has 6 heteroatoms. The summed E-state index contributed by atoms with van der Waals surface area (Å²) >= 11 is 0. The summed E-state index contributed by atoms with van der Waals surface area (Å²) < 4.78 is 14.9. The number of fused-ring (bicyclic) bond motifs is 1. The number of halogens is 1. The summed E-state index contributed by atoms with van der Waals surface area (Å²) in [6.45, 7) is 0. The normalized spacial score (nSPS) is 15.7. The Morgan fingerprint density at radius 3 is 2.50 bits per heavy atom. The maximum Gasteiger partial charge on any atom is 0.251 e. The van der Waals surface area contributed by atoms with Gasteiger partial charge in [0.15, 0.2) is 11.5 Å². The lowest BCUT2D eigenvalue weighted by Gasteiger charge is -2.16. The summed E-state index contributed by atoms with van der Waals surface area (Å²) in [6.07, 6.45) is 8.75. The minimum Gasteiger partial charge on any atom is -0.349 e. The molecule has 0 bridgehead atoms. The fourth-order valence-corrected chi connectivity index (χ4v) is 3.52. The zero-order valence-electron chi connectivity index (χ0n) is 14.5. The molecule has 134 valence electrons. The van der Waals surface area contributed by atoms with Crippen LogP contribution in [0.5, 0.6) is 0 Å². The van der Waals surface area contributed by atoms with Gasteiger partial charge in [-0.3, -0.25) is 9.20 Å². The number of nitrogens with one attached hydrogen (secondary N) is 1. The highest BCUT2D eigenvalue weighted by Gasteiger charge is 2.17. The quantitative estimate of drug-likeness (QED) is 0.725. The molecule has 1 aromatic carbocycles. The topological polar surface area (TPSA) is 59.3 Å². The van der Waals surface area contributed by atoms with Crippen molar-refractivity contribution >= 4 is 11.6 Å². The number of carbonyl (C=O) groups excluding carboxylic acids is 1. The second-order valence-electron chi connectivity index (χ2n) is 6.84. The first-order chi connectivity index (χ1) is 12.7. The Labute approximate surface area is 151 Å². The minimum atomic E-state index is -0.292. The fraction of sp³-hybridized carbons (Fsp3) is 0.350. The van der Waals surface area contributed by atoms with E-state index in [0.29, 0.717) is 17.0 Å². The first-order valence-corrected chi connectivity index (χ1v) is 9.12. The molecule has 1 N–H and O–H groups in total. The number of benzene rings is 1. The standard InChI is InChI=1S/C20H21FN4O/c21-16-9-7-14(8-10-16)19-24-23-18-13-15(11-12-25(18)19)20(26)22-17-5-3-1-2-4-6-17/h7-13,17H,1-6H2,(H,22,26). The molecule has 1 fully saturated rings. The molecular formula is C20H21FN4O. The summed E-state index contributed by atoms with van der Waals surface area (Å²) in [7, 11) is 0. The van der Waals surface area contributed by atoms with Crippen molar-refractivity contribution in [1.82, 2.24) is 19.9 Å². The number of rotatable bonds is 3. The number of amides is 1. The molecule has 5 nitrogen and oxygen atoms in total. The van der Waals surface area contributed by atoms with Crippen molar-refractivity contribution in [1.29, 1.82) is 0 Å². The monoisotopic (exact) mass is 352 g/mol. The summed E-state index contributed by atoms with van der Waals surface area (Å²) in [5, 5.41) is 11.5. The molecule has 2 heterocycles. The van der Waals surface area contributed by atoms with Gasteiger partial charge in [0.25, 0.3) is 5.91 Å². The van der Waals surface area contributed by atoms with Crippen molar-refractivity contribution in [2.24, 2.45) is 0 Å². The minimum absolute atomic E-state index is 0.0641. The van der Waals surface area contributed by atoms with Crippen molar-refractivity contribution in [2.45, 2.75) is 44.6 Å². The van der Waals surface area contributed by atoms with E-state index < -0.39 is 0 Å². The molecule has 0 atom stereocenters. The zero-order valence-corrected chi connectivity index (χ0v) is 14.5. The summed E-state index contributed by atoms with van der Waals surface area (Å²) in [4.78, 5) is 12.6. The van der Waals surface area contributed by atoms with Gasteiger partial charge in [-0.1, -0.05) is 25.7 Å². The molecule has 0 saturated heterocycles. The third kappa shape index (κ3) is 3.45.